The molecule has 2 N–H and O–H groups in total. The Kier molecular flexibility index (Phi) is 3.71. The highest BCUT2D eigenvalue weighted by molar-refractivity contribution is 6.30. The van der Waals surface area contributed by atoms with Crippen LogP contribution in [0, 0.1) is 0 Å². The van der Waals surface area contributed by atoms with Crippen LogP contribution < -0.4 is 15.4 Å². The first-order valence-electron chi connectivity index (χ1n) is 6.70. The molecule has 5 heteroatoms. The molecule has 1 unspecified atom stereocenters. The molecule has 0 aliphatic carbocycles. The summed E-state index contributed by atoms with van der Waals surface area (Å²) in [5, 5.41) is 6.92. The van der Waals surface area contributed by atoms with E-state index in [9.17, 15) is 4.79 Å². The Labute approximate surface area is 128 Å². The standard InChI is InChI=1S/C16H15ClN2O2/c1-10(18-13-5-3-12(17)4-6-13)11-2-7-15-14(8-11)19-16(20)9-21-15/h2-8,10,18H,9H2,1H3,(H,19,20). The summed E-state index contributed by atoms with van der Waals surface area (Å²) in [4.78, 5) is 11.4. The van der Waals surface area contributed by atoms with Gasteiger partial charge in [0, 0.05) is 16.8 Å². The minimum Gasteiger partial charge on any atom is -0.482 e. The highest BCUT2D eigenvalue weighted by Crippen LogP contribution is 2.31. The van der Waals surface area contributed by atoms with Crippen molar-refractivity contribution in [2.45, 2.75) is 13.0 Å². The molecular weight excluding hydrogens is 288 g/mol. The number of nitrogens with one attached hydrogen (secondary N) is 2. The van der Waals surface area contributed by atoms with Crippen LogP contribution in [0.2, 0.25) is 5.02 Å². The molecule has 0 saturated carbocycles. The van der Waals surface area contributed by atoms with Crippen molar-refractivity contribution in [1.29, 1.82) is 0 Å². The van der Waals surface area contributed by atoms with Crippen molar-refractivity contribution in [3.63, 3.8) is 0 Å². The molecule has 0 saturated heterocycles. The summed E-state index contributed by atoms with van der Waals surface area (Å²) in [6, 6.07) is 13.4. The van der Waals surface area contributed by atoms with Gasteiger partial charge in [-0.3, -0.25) is 4.79 Å². The third-order valence-corrected chi connectivity index (χ3v) is 3.62. The summed E-state index contributed by atoms with van der Waals surface area (Å²) in [5.74, 6) is 0.579. The van der Waals surface area contributed by atoms with Crippen molar-refractivity contribution in [2.75, 3.05) is 17.2 Å². The van der Waals surface area contributed by atoms with Crippen LogP contribution in [-0.2, 0) is 4.79 Å². The molecule has 2 aromatic carbocycles. The zero-order chi connectivity index (χ0) is 14.8. The SMILES string of the molecule is CC(Nc1ccc(Cl)cc1)c1ccc2c(c1)NC(=O)CO2. The monoisotopic (exact) mass is 302 g/mol. The molecule has 0 aromatic heterocycles. The predicted molar refractivity (Wildman–Crippen MR) is 84.1 cm³/mol. The lowest BCUT2D eigenvalue weighted by Crippen LogP contribution is -2.25. The number of benzene rings is 2. The van der Waals surface area contributed by atoms with Crippen molar-refractivity contribution in [2.24, 2.45) is 0 Å². The van der Waals surface area contributed by atoms with E-state index in [-0.39, 0.29) is 18.6 Å². The van der Waals surface area contributed by atoms with Gasteiger partial charge < -0.3 is 15.4 Å². The Morgan fingerprint density at radius 3 is 2.76 bits per heavy atom. The third-order valence-electron chi connectivity index (χ3n) is 3.36. The van der Waals surface area contributed by atoms with Gasteiger partial charge in [-0.1, -0.05) is 17.7 Å². The van der Waals surface area contributed by atoms with Crippen molar-refractivity contribution < 1.29 is 9.53 Å². The topological polar surface area (TPSA) is 50.4 Å². The molecule has 0 bridgehead atoms. The predicted octanol–water partition coefficient (Wildman–Crippen LogP) is 3.84. The lowest BCUT2D eigenvalue weighted by atomic mass is 10.1. The molecule has 1 heterocycles. The molecule has 1 atom stereocenters. The number of hydrogen-bond donors (Lipinski definition) is 2. The van der Waals surface area contributed by atoms with E-state index in [4.69, 9.17) is 16.3 Å². The van der Waals surface area contributed by atoms with Gasteiger partial charge in [0.05, 0.1) is 5.69 Å². The Bertz CT molecular complexity index is 670. The quantitative estimate of drug-likeness (QED) is 0.905. The van der Waals surface area contributed by atoms with Crippen LogP contribution in [0.5, 0.6) is 5.75 Å². The molecule has 1 amide bonds. The van der Waals surface area contributed by atoms with E-state index in [0.29, 0.717) is 16.5 Å². The van der Waals surface area contributed by atoms with E-state index in [1.807, 2.05) is 42.5 Å². The fourth-order valence-corrected chi connectivity index (χ4v) is 2.38. The van der Waals surface area contributed by atoms with E-state index in [2.05, 4.69) is 17.6 Å². The maximum absolute atomic E-state index is 11.4. The second kappa shape index (κ2) is 5.66. The van der Waals surface area contributed by atoms with Crippen molar-refractivity contribution in [3.05, 3.63) is 53.1 Å². The average Bonchev–Trinajstić information content (AvgIpc) is 2.48. The summed E-state index contributed by atoms with van der Waals surface area (Å²) in [5.41, 5.74) is 2.77. The van der Waals surface area contributed by atoms with Gasteiger partial charge in [-0.05, 0) is 48.9 Å². The summed E-state index contributed by atoms with van der Waals surface area (Å²) < 4.78 is 5.35. The fourth-order valence-electron chi connectivity index (χ4n) is 2.25. The smallest absolute Gasteiger partial charge is 0.262 e. The maximum atomic E-state index is 11.4. The number of halogens is 1. The molecule has 1 aliphatic rings. The number of anilines is 2. The maximum Gasteiger partial charge on any atom is 0.262 e. The summed E-state index contributed by atoms with van der Waals surface area (Å²) in [6.45, 7) is 2.13. The molecule has 4 nitrogen and oxygen atoms in total. The summed E-state index contributed by atoms with van der Waals surface area (Å²) in [7, 11) is 0. The second-order valence-electron chi connectivity index (χ2n) is 4.97. The molecule has 1 aliphatic heterocycles. The van der Waals surface area contributed by atoms with E-state index < -0.39 is 0 Å². The number of amides is 1. The van der Waals surface area contributed by atoms with Crippen LogP contribution in [0.15, 0.2) is 42.5 Å². The van der Waals surface area contributed by atoms with Gasteiger partial charge in [0.1, 0.15) is 5.75 Å². The van der Waals surface area contributed by atoms with Gasteiger partial charge in [-0.2, -0.15) is 0 Å². The summed E-state index contributed by atoms with van der Waals surface area (Å²) in [6.07, 6.45) is 0. The van der Waals surface area contributed by atoms with Gasteiger partial charge in [0.2, 0.25) is 0 Å². The highest BCUT2D eigenvalue weighted by atomic mass is 35.5. The number of carbonyl (C=O) groups is 1. The van der Waals surface area contributed by atoms with Crippen LogP contribution >= 0.6 is 11.6 Å². The fraction of sp³-hybridized carbons (Fsp3) is 0.188. The van der Waals surface area contributed by atoms with Gasteiger partial charge in [0.25, 0.3) is 5.91 Å². The minimum absolute atomic E-state index is 0.0743. The first kappa shape index (κ1) is 13.8. The molecule has 108 valence electrons. The first-order chi connectivity index (χ1) is 10.1. The Morgan fingerprint density at radius 1 is 1.24 bits per heavy atom. The zero-order valence-electron chi connectivity index (χ0n) is 11.5. The molecule has 0 fully saturated rings. The number of hydrogen-bond acceptors (Lipinski definition) is 3. The van der Waals surface area contributed by atoms with Crippen LogP contribution in [-0.4, -0.2) is 12.5 Å². The molecule has 21 heavy (non-hydrogen) atoms. The van der Waals surface area contributed by atoms with Crippen LogP contribution in [0.1, 0.15) is 18.5 Å². The van der Waals surface area contributed by atoms with Crippen molar-refractivity contribution in [1.82, 2.24) is 0 Å². The summed E-state index contributed by atoms with van der Waals surface area (Å²) >= 11 is 5.88. The van der Waals surface area contributed by atoms with Gasteiger partial charge >= 0.3 is 0 Å². The van der Waals surface area contributed by atoms with E-state index in [1.54, 1.807) is 0 Å². The van der Waals surface area contributed by atoms with Crippen molar-refractivity contribution in [3.8, 4) is 5.75 Å². The third kappa shape index (κ3) is 3.11. The lowest BCUT2D eigenvalue weighted by Gasteiger charge is -2.21. The first-order valence-corrected chi connectivity index (χ1v) is 7.08. The molecule has 2 aromatic rings. The van der Waals surface area contributed by atoms with Gasteiger partial charge in [-0.15, -0.1) is 0 Å². The Hall–Kier alpha value is -2.20. The van der Waals surface area contributed by atoms with Gasteiger partial charge in [-0.25, -0.2) is 0 Å². The van der Waals surface area contributed by atoms with Crippen molar-refractivity contribution >= 4 is 28.9 Å². The van der Waals surface area contributed by atoms with E-state index in [0.717, 1.165) is 11.3 Å². The molecular formula is C16H15ClN2O2. The van der Waals surface area contributed by atoms with E-state index in [1.165, 1.54) is 0 Å². The Balaban J connectivity index is 1.78. The van der Waals surface area contributed by atoms with Gasteiger partial charge in [0.15, 0.2) is 6.61 Å². The number of rotatable bonds is 3. The normalized spacial score (nSPS) is 14.7. The number of fused-ring (bicyclic) bond motifs is 1. The second-order valence-corrected chi connectivity index (χ2v) is 5.40. The largest absolute Gasteiger partial charge is 0.482 e. The minimum atomic E-state index is -0.127. The highest BCUT2D eigenvalue weighted by Gasteiger charge is 2.17. The zero-order valence-corrected chi connectivity index (χ0v) is 12.3. The molecule has 3 rings (SSSR count). The van der Waals surface area contributed by atoms with Crippen LogP contribution in [0.3, 0.4) is 0 Å². The van der Waals surface area contributed by atoms with Crippen LogP contribution in [0.25, 0.3) is 0 Å². The average molecular weight is 303 g/mol. The number of ether oxygens (including phenoxy) is 1. The number of carbonyl (C=O) groups excluding carboxylic acids is 1. The van der Waals surface area contributed by atoms with Crippen LogP contribution in [0.4, 0.5) is 11.4 Å². The Morgan fingerprint density at radius 2 is 2.00 bits per heavy atom. The molecule has 0 spiro atoms. The lowest BCUT2D eigenvalue weighted by molar-refractivity contribution is -0.118. The van der Waals surface area contributed by atoms with E-state index >= 15 is 0 Å². The molecule has 0 radical (unpaired) electrons.